The highest BCUT2D eigenvalue weighted by Gasteiger charge is 2.12. The third-order valence-electron chi connectivity index (χ3n) is 9.92. The number of nitrogens with one attached hydrogen (secondary N) is 2. The number of hydrogen-bond acceptors (Lipinski definition) is 7. The summed E-state index contributed by atoms with van der Waals surface area (Å²) < 4.78 is 11.0. The molecule has 2 aromatic heterocycles. The van der Waals surface area contributed by atoms with Crippen molar-refractivity contribution in [3.8, 4) is 11.5 Å². The highest BCUT2D eigenvalue weighted by Crippen LogP contribution is 2.36. The molecule has 0 bridgehead atoms. The molecule has 0 saturated carbocycles. The van der Waals surface area contributed by atoms with Gasteiger partial charge in [-0.3, -0.25) is 0 Å². The topological polar surface area (TPSA) is 71.5 Å². The first-order valence-corrected chi connectivity index (χ1v) is 19.5. The number of aromatic nitrogens is 2. The summed E-state index contributed by atoms with van der Waals surface area (Å²) >= 11 is 12.6. The molecule has 0 radical (unpaired) electrons. The number of rotatable bonds is 20. The molecule has 0 aliphatic heterocycles. The molecule has 4 aromatic carbocycles. The largest absolute Gasteiger partial charge is 0.497 e. The van der Waals surface area contributed by atoms with Gasteiger partial charge < -0.3 is 25.0 Å². The summed E-state index contributed by atoms with van der Waals surface area (Å²) in [6.07, 6.45) is 12.3. The van der Waals surface area contributed by atoms with Crippen LogP contribution in [0.25, 0.3) is 43.6 Å². The molecule has 0 spiro atoms. The number of methoxy groups -OCH3 is 2. The number of fused-ring (bicyclic) bond motifs is 4. The van der Waals surface area contributed by atoms with E-state index in [0.717, 1.165) is 92.4 Å². The van der Waals surface area contributed by atoms with E-state index in [0.29, 0.717) is 10.0 Å². The van der Waals surface area contributed by atoms with Crippen LogP contribution in [0.5, 0.6) is 11.5 Å². The van der Waals surface area contributed by atoms with Gasteiger partial charge in [0, 0.05) is 44.7 Å². The molecule has 52 heavy (non-hydrogen) atoms. The van der Waals surface area contributed by atoms with Crippen molar-refractivity contribution in [2.24, 2.45) is 0 Å². The van der Waals surface area contributed by atoms with E-state index in [1.165, 1.54) is 64.5 Å². The van der Waals surface area contributed by atoms with Crippen LogP contribution in [-0.4, -0.2) is 62.3 Å². The summed E-state index contributed by atoms with van der Waals surface area (Å²) in [5.74, 6) is 1.66. The molecule has 0 unspecified atom stereocenters. The number of unbranched alkanes of at least 4 members (excludes halogenated alkanes) is 8. The molecule has 0 amide bonds. The molecule has 2 heterocycles. The summed E-state index contributed by atoms with van der Waals surface area (Å²) in [7, 11) is 5.67. The van der Waals surface area contributed by atoms with Crippen molar-refractivity contribution in [3.63, 3.8) is 0 Å². The first-order chi connectivity index (χ1) is 25.4. The Labute approximate surface area is 318 Å². The molecule has 6 rings (SSSR count). The van der Waals surface area contributed by atoms with Crippen LogP contribution in [0.15, 0.2) is 72.8 Å². The number of halogens is 2. The normalized spacial score (nSPS) is 11.7. The van der Waals surface area contributed by atoms with E-state index in [1.807, 2.05) is 48.5 Å². The number of ether oxygens (including phenoxy) is 2. The van der Waals surface area contributed by atoms with Gasteiger partial charge in [0.15, 0.2) is 0 Å². The third kappa shape index (κ3) is 9.68. The Hall–Kier alpha value is -4.04. The van der Waals surface area contributed by atoms with Crippen molar-refractivity contribution in [2.45, 2.75) is 64.2 Å². The maximum Gasteiger partial charge on any atom is 0.119 e. The molecule has 2 N–H and O–H groups in total. The third-order valence-corrected chi connectivity index (χ3v) is 10.4. The van der Waals surface area contributed by atoms with Crippen LogP contribution in [0.3, 0.4) is 0 Å². The van der Waals surface area contributed by atoms with Crippen LogP contribution >= 0.6 is 23.2 Å². The predicted molar refractivity (Wildman–Crippen MR) is 222 cm³/mol. The van der Waals surface area contributed by atoms with Crippen LogP contribution in [0, 0.1) is 0 Å². The van der Waals surface area contributed by atoms with Crippen LogP contribution < -0.4 is 20.1 Å². The lowest BCUT2D eigenvalue weighted by Crippen LogP contribution is -2.20. The van der Waals surface area contributed by atoms with Crippen molar-refractivity contribution in [1.29, 1.82) is 0 Å². The minimum atomic E-state index is 0.698. The number of benzene rings is 4. The van der Waals surface area contributed by atoms with E-state index in [2.05, 4.69) is 46.8 Å². The Bertz CT molecular complexity index is 1960. The highest BCUT2D eigenvalue weighted by molar-refractivity contribution is 6.32. The van der Waals surface area contributed by atoms with E-state index < -0.39 is 0 Å². The van der Waals surface area contributed by atoms with Gasteiger partial charge in [0.2, 0.25) is 0 Å². The zero-order valence-corrected chi connectivity index (χ0v) is 32.3. The first-order valence-electron chi connectivity index (χ1n) is 18.7. The van der Waals surface area contributed by atoms with Crippen molar-refractivity contribution in [1.82, 2.24) is 14.9 Å². The first kappa shape index (κ1) is 37.7. The van der Waals surface area contributed by atoms with E-state index in [1.54, 1.807) is 14.2 Å². The summed E-state index contributed by atoms with van der Waals surface area (Å²) in [6, 6.07) is 23.9. The molecule has 6 aromatic rings. The number of nitrogens with zero attached hydrogens (tertiary/aromatic N) is 3. The fourth-order valence-corrected chi connectivity index (χ4v) is 7.37. The lowest BCUT2D eigenvalue weighted by molar-refractivity contribution is 0.314. The average molecular weight is 741 g/mol. The number of pyridine rings is 2. The second kappa shape index (κ2) is 18.6. The fraction of sp³-hybridized carbons (Fsp3) is 0.395. The Morgan fingerprint density at radius 1 is 0.500 bits per heavy atom. The van der Waals surface area contributed by atoms with E-state index >= 15 is 0 Å². The van der Waals surface area contributed by atoms with Crippen molar-refractivity contribution in [3.05, 3.63) is 82.8 Å². The molecular formula is C43H51Cl2N5O2. The second-order valence-electron chi connectivity index (χ2n) is 13.8. The van der Waals surface area contributed by atoms with E-state index in [9.17, 15) is 0 Å². The maximum atomic E-state index is 6.29. The fourth-order valence-electron chi connectivity index (χ4n) is 7.04. The smallest absolute Gasteiger partial charge is 0.119 e. The van der Waals surface area contributed by atoms with Crippen LogP contribution in [0.4, 0.5) is 11.4 Å². The van der Waals surface area contributed by atoms with Crippen LogP contribution in [0.1, 0.15) is 64.2 Å². The standard InChI is InChI=1S/C43H51Cl2N5O2/c1-50(24-12-8-4-6-10-22-46-42-34-18-14-30(44)26-40(34)48-38-20-16-32(51-2)28-36(38)42)25-13-9-5-7-11-23-47-43-35-19-15-31(45)27-41(35)49-39-21-17-33(52-3)29-37(39)43/h14-21,26-29H,4-13,22-25H2,1-3H3,(H,46,48)(H,47,49). The SMILES string of the molecule is COc1ccc2nc3cc(Cl)ccc3c(NCCCCCCCN(C)CCCCCCCNc3c4ccc(Cl)cc4nc4ccc(OC)cc34)c2c1. The molecule has 9 heteroatoms. The molecule has 0 saturated heterocycles. The van der Waals surface area contributed by atoms with Gasteiger partial charge in [0.1, 0.15) is 11.5 Å². The Morgan fingerprint density at radius 2 is 0.923 bits per heavy atom. The van der Waals surface area contributed by atoms with Gasteiger partial charge >= 0.3 is 0 Å². The van der Waals surface area contributed by atoms with Crippen molar-refractivity contribution in [2.75, 3.05) is 58.1 Å². The van der Waals surface area contributed by atoms with Crippen LogP contribution in [0.2, 0.25) is 10.0 Å². The number of hydrogen-bond donors (Lipinski definition) is 2. The van der Waals surface area contributed by atoms with Crippen molar-refractivity contribution >= 4 is 78.2 Å². The Kier molecular flexibility index (Phi) is 13.5. The molecular weight excluding hydrogens is 689 g/mol. The summed E-state index contributed by atoms with van der Waals surface area (Å²) in [6.45, 7) is 4.19. The quantitative estimate of drug-likeness (QED) is 0.0596. The molecule has 0 atom stereocenters. The predicted octanol–water partition coefficient (Wildman–Crippen LogP) is 11.8. The summed E-state index contributed by atoms with van der Waals surface area (Å²) in [5, 5.41) is 13.2. The minimum Gasteiger partial charge on any atom is -0.497 e. The highest BCUT2D eigenvalue weighted by atomic mass is 35.5. The Balaban J connectivity index is 0.842. The van der Waals surface area contributed by atoms with Gasteiger partial charge in [0.05, 0.1) is 47.7 Å². The molecule has 0 aliphatic rings. The van der Waals surface area contributed by atoms with E-state index in [-0.39, 0.29) is 0 Å². The van der Waals surface area contributed by atoms with Gasteiger partial charge in [-0.1, -0.05) is 61.7 Å². The molecule has 274 valence electrons. The average Bonchev–Trinajstić information content (AvgIpc) is 3.15. The van der Waals surface area contributed by atoms with Gasteiger partial charge in [-0.25, -0.2) is 9.97 Å². The number of anilines is 2. The van der Waals surface area contributed by atoms with Gasteiger partial charge in [0.25, 0.3) is 0 Å². The lowest BCUT2D eigenvalue weighted by Gasteiger charge is -2.16. The Morgan fingerprint density at radius 3 is 1.37 bits per heavy atom. The zero-order chi connectivity index (χ0) is 36.3. The van der Waals surface area contributed by atoms with Gasteiger partial charge in [-0.15, -0.1) is 0 Å². The maximum absolute atomic E-state index is 6.29. The molecule has 0 fully saturated rings. The zero-order valence-electron chi connectivity index (χ0n) is 30.7. The van der Waals surface area contributed by atoms with Crippen molar-refractivity contribution < 1.29 is 9.47 Å². The lowest BCUT2D eigenvalue weighted by atomic mass is 10.1. The summed E-state index contributed by atoms with van der Waals surface area (Å²) in [4.78, 5) is 12.2. The molecule has 0 aliphatic carbocycles. The monoisotopic (exact) mass is 739 g/mol. The van der Waals surface area contributed by atoms with E-state index in [4.69, 9.17) is 42.6 Å². The van der Waals surface area contributed by atoms with Gasteiger partial charge in [-0.05, 0) is 119 Å². The molecule has 7 nitrogen and oxygen atoms in total. The minimum absolute atomic E-state index is 0.698. The van der Waals surface area contributed by atoms with Gasteiger partial charge in [-0.2, -0.15) is 0 Å². The summed E-state index contributed by atoms with van der Waals surface area (Å²) in [5.41, 5.74) is 5.90. The second-order valence-corrected chi connectivity index (χ2v) is 14.6. The van der Waals surface area contributed by atoms with Crippen LogP contribution in [-0.2, 0) is 0 Å².